The van der Waals surface area contributed by atoms with Crippen LogP contribution in [-0.4, -0.2) is 69.2 Å². The van der Waals surface area contributed by atoms with Crippen molar-refractivity contribution in [2.24, 2.45) is 0 Å². The molecule has 9 heteroatoms. The van der Waals surface area contributed by atoms with Crippen LogP contribution in [0.5, 0.6) is 0 Å². The maximum absolute atomic E-state index is 13.2. The molecule has 2 aromatic carbocycles. The largest absolute Gasteiger partial charge is 0.368 e. The minimum atomic E-state index is -3.83. The van der Waals surface area contributed by atoms with Crippen molar-refractivity contribution in [3.05, 3.63) is 53.1 Å². The first-order valence-electron chi connectivity index (χ1n) is 11.6. The van der Waals surface area contributed by atoms with Gasteiger partial charge in [0.25, 0.3) is 0 Å². The summed E-state index contributed by atoms with van der Waals surface area (Å²) >= 11 is 0. The quantitative estimate of drug-likeness (QED) is 0.705. The molecule has 2 aromatic rings. The van der Waals surface area contributed by atoms with Crippen LogP contribution in [0.2, 0.25) is 0 Å². The maximum atomic E-state index is 13.2. The van der Waals surface area contributed by atoms with Crippen molar-refractivity contribution in [2.45, 2.75) is 38.0 Å². The molecule has 0 spiro atoms. The maximum Gasteiger partial charge on any atom is 0.243 e. The van der Waals surface area contributed by atoms with E-state index in [0.717, 1.165) is 9.87 Å². The summed E-state index contributed by atoms with van der Waals surface area (Å²) in [6.45, 7) is 6.52. The normalized spacial score (nSPS) is 16.8. The van der Waals surface area contributed by atoms with E-state index in [9.17, 15) is 18.0 Å². The lowest BCUT2D eigenvalue weighted by Gasteiger charge is -2.37. The van der Waals surface area contributed by atoms with Gasteiger partial charge in [-0.3, -0.25) is 9.59 Å². The first kappa shape index (κ1) is 24.2. The van der Waals surface area contributed by atoms with Crippen molar-refractivity contribution in [3.63, 3.8) is 0 Å². The molecule has 0 unspecified atom stereocenters. The molecule has 2 aliphatic heterocycles. The topological polar surface area (TPSA) is 90.0 Å². The van der Waals surface area contributed by atoms with Crippen molar-refractivity contribution < 1.29 is 18.0 Å². The SMILES string of the molecule is Cc1cccc(N2CCN(C(=O)CN(C)S(=O)(=O)c3ccc4c(c3)CCCC(=O)N4)CC2)c1C. The van der Waals surface area contributed by atoms with Crippen molar-refractivity contribution in [2.75, 3.05) is 50.0 Å². The summed E-state index contributed by atoms with van der Waals surface area (Å²) < 4.78 is 27.4. The average Bonchev–Trinajstić information content (AvgIpc) is 3.00. The summed E-state index contributed by atoms with van der Waals surface area (Å²) in [4.78, 5) is 28.8. The zero-order valence-electron chi connectivity index (χ0n) is 20.0. The minimum Gasteiger partial charge on any atom is -0.368 e. The van der Waals surface area contributed by atoms with Crippen LogP contribution >= 0.6 is 0 Å². The van der Waals surface area contributed by atoms with Crippen LogP contribution in [0.3, 0.4) is 0 Å². The molecule has 1 saturated heterocycles. The fourth-order valence-electron chi connectivity index (χ4n) is 4.54. The summed E-state index contributed by atoms with van der Waals surface area (Å²) in [5.41, 5.74) is 5.12. The second-order valence-electron chi connectivity index (χ2n) is 9.07. The van der Waals surface area contributed by atoms with Gasteiger partial charge in [-0.05, 0) is 67.6 Å². The zero-order valence-corrected chi connectivity index (χ0v) is 20.8. The van der Waals surface area contributed by atoms with E-state index < -0.39 is 10.0 Å². The van der Waals surface area contributed by atoms with E-state index in [1.54, 1.807) is 17.0 Å². The van der Waals surface area contributed by atoms with Gasteiger partial charge in [-0.1, -0.05) is 12.1 Å². The third-order valence-corrected chi connectivity index (χ3v) is 8.62. The van der Waals surface area contributed by atoms with Gasteiger partial charge in [-0.25, -0.2) is 8.42 Å². The summed E-state index contributed by atoms with van der Waals surface area (Å²) in [5, 5.41) is 2.82. The monoisotopic (exact) mass is 484 g/mol. The van der Waals surface area contributed by atoms with Crippen LogP contribution in [0.15, 0.2) is 41.3 Å². The number of sulfonamides is 1. The number of hydrogen-bond acceptors (Lipinski definition) is 5. The van der Waals surface area contributed by atoms with Gasteiger partial charge >= 0.3 is 0 Å². The molecule has 0 aliphatic carbocycles. The molecule has 0 saturated carbocycles. The van der Waals surface area contributed by atoms with Gasteiger partial charge in [0.05, 0.1) is 11.4 Å². The Morgan fingerprint density at radius 3 is 2.53 bits per heavy atom. The van der Waals surface area contributed by atoms with Gasteiger partial charge in [0, 0.05) is 51.0 Å². The highest BCUT2D eigenvalue weighted by Gasteiger charge is 2.28. The highest BCUT2D eigenvalue weighted by molar-refractivity contribution is 7.89. The van der Waals surface area contributed by atoms with Crippen molar-refractivity contribution in [3.8, 4) is 0 Å². The number of piperazine rings is 1. The number of carbonyl (C=O) groups excluding carboxylic acids is 2. The third-order valence-electron chi connectivity index (χ3n) is 6.82. The Balaban J connectivity index is 1.39. The molecule has 34 heavy (non-hydrogen) atoms. The second kappa shape index (κ2) is 9.76. The number of amides is 2. The molecule has 1 fully saturated rings. The highest BCUT2D eigenvalue weighted by Crippen LogP contribution is 2.27. The molecule has 0 radical (unpaired) electrons. The van der Waals surface area contributed by atoms with Crippen LogP contribution in [0.1, 0.15) is 29.5 Å². The van der Waals surface area contributed by atoms with Crippen molar-refractivity contribution >= 4 is 33.2 Å². The van der Waals surface area contributed by atoms with E-state index in [-0.39, 0.29) is 23.3 Å². The number of nitrogens with one attached hydrogen (secondary N) is 1. The number of nitrogens with zero attached hydrogens (tertiary/aromatic N) is 3. The third kappa shape index (κ3) is 4.95. The van der Waals surface area contributed by atoms with E-state index in [1.807, 2.05) is 6.07 Å². The predicted molar refractivity (Wildman–Crippen MR) is 133 cm³/mol. The molecule has 2 heterocycles. The fraction of sp³-hybridized carbons (Fsp3) is 0.440. The smallest absolute Gasteiger partial charge is 0.243 e. The Kier molecular flexibility index (Phi) is 6.95. The van der Waals surface area contributed by atoms with E-state index in [0.29, 0.717) is 51.1 Å². The summed E-state index contributed by atoms with van der Waals surface area (Å²) in [5.74, 6) is -0.261. The standard InChI is InChI=1S/C25H32N4O4S/c1-18-6-4-8-23(19(18)2)28-12-14-29(15-13-28)25(31)17-27(3)34(32,33)21-10-11-22-20(16-21)7-5-9-24(30)26-22/h4,6,8,10-11,16H,5,7,9,12-15,17H2,1-3H3,(H,26,30). The Morgan fingerprint density at radius 2 is 1.79 bits per heavy atom. The molecule has 2 amide bonds. The van der Waals surface area contributed by atoms with Crippen LogP contribution in [0, 0.1) is 13.8 Å². The van der Waals surface area contributed by atoms with E-state index >= 15 is 0 Å². The number of carbonyl (C=O) groups is 2. The predicted octanol–water partition coefficient (Wildman–Crippen LogP) is 2.55. The Hall–Kier alpha value is -2.91. The Labute approximate surface area is 201 Å². The van der Waals surface area contributed by atoms with Gasteiger partial charge < -0.3 is 15.1 Å². The van der Waals surface area contributed by atoms with Crippen molar-refractivity contribution in [1.29, 1.82) is 0 Å². The number of benzene rings is 2. The lowest BCUT2D eigenvalue weighted by Crippen LogP contribution is -2.51. The van der Waals surface area contributed by atoms with E-state index in [2.05, 4.69) is 36.2 Å². The molecular formula is C25H32N4O4S. The molecular weight excluding hydrogens is 452 g/mol. The number of anilines is 2. The second-order valence-corrected chi connectivity index (χ2v) is 11.1. The van der Waals surface area contributed by atoms with E-state index in [1.165, 1.54) is 29.9 Å². The number of fused-ring (bicyclic) bond motifs is 1. The number of likely N-dealkylation sites (N-methyl/N-ethyl adjacent to an activating group) is 1. The molecule has 4 rings (SSSR count). The van der Waals surface area contributed by atoms with Gasteiger partial charge in [0.1, 0.15) is 0 Å². The molecule has 2 aliphatic rings. The number of hydrogen-bond donors (Lipinski definition) is 1. The van der Waals surface area contributed by atoms with Gasteiger partial charge in [0.2, 0.25) is 21.8 Å². The van der Waals surface area contributed by atoms with Crippen LogP contribution < -0.4 is 10.2 Å². The first-order valence-corrected chi connectivity index (χ1v) is 13.1. The summed E-state index contributed by atoms with van der Waals surface area (Å²) in [7, 11) is -2.40. The van der Waals surface area contributed by atoms with Crippen molar-refractivity contribution in [1.82, 2.24) is 9.21 Å². The molecule has 0 aromatic heterocycles. The van der Waals surface area contributed by atoms with Crippen LogP contribution in [-0.2, 0) is 26.0 Å². The fourth-order valence-corrected chi connectivity index (χ4v) is 5.71. The molecule has 0 atom stereocenters. The minimum absolute atomic E-state index is 0.0604. The highest BCUT2D eigenvalue weighted by atomic mass is 32.2. The summed E-state index contributed by atoms with van der Waals surface area (Å²) in [6, 6.07) is 11.0. The lowest BCUT2D eigenvalue weighted by atomic mass is 10.1. The van der Waals surface area contributed by atoms with Gasteiger partial charge in [-0.2, -0.15) is 4.31 Å². The van der Waals surface area contributed by atoms with Crippen LogP contribution in [0.25, 0.3) is 0 Å². The molecule has 8 nitrogen and oxygen atoms in total. The van der Waals surface area contributed by atoms with Gasteiger partial charge in [0.15, 0.2) is 0 Å². The van der Waals surface area contributed by atoms with Gasteiger partial charge in [-0.15, -0.1) is 0 Å². The Morgan fingerprint density at radius 1 is 1.06 bits per heavy atom. The van der Waals surface area contributed by atoms with E-state index in [4.69, 9.17) is 0 Å². The number of rotatable bonds is 5. The van der Waals surface area contributed by atoms with Crippen LogP contribution in [0.4, 0.5) is 11.4 Å². The summed E-state index contributed by atoms with van der Waals surface area (Å²) in [6.07, 6.45) is 1.72. The molecule has 182 valence electrons. The zero-order chi connectivity index (χ0) is 24.5. The number of aryl methyl sites for hydroxylation is 2. The Bertz CT molecular complexity index is 1200. The lowest BCUT2D eigenvalue weighted by molar-refractivity contribution is -0.131. The molecule has 1 N–H and O–H groups in total. The average molecular weight is 485 g/mol. The first-order chi connectivity index (χ1) is 16.2. The molecule has 0 bridgehead atoms.